The number of amides is 2. The molecule has 1 heterocycles. The molecule has 2 amide bonds. The third-order valence-electron chi connectivity index (χ3n) is 3.13. The van der Waals surface area contributed by atoms with Crippen LogP contribution < -0.4 is 16.0 Å². The highest BCUT2D eigenvalue weighted by Gasteiger charge is 2.06. The second-order valence-electron chi connectivity index (χ2n) is 5.00. The zero-order valence-electron chi connectivity index (χ0n) is 12.8. The predicted octanol–water partition coefficient (Wildman–Crippen LogP) is 5.17. The molecule has 6 nitrogen and oxygen atoms in total. The molecule has 2 aromatic carbocycles. The van der Waals surface area contributed by atoms with E-state index in [1.807, 2.05) is 18.2 Å². The molecular formula is C17H13Cl2N5O. The molecule has 3 rings (SSSR count). The Hall–Kier alpha value is -2.83. The van der Waals surface area contributed by atoms with Crippen LogP contribution in [0.5, 0.6) is 0 Å². The third kappa shape index (κ3) is 4.82. The second kappa shape index (κ2) is 7.83. The van der Waals surface area contributed by atoms with Gasteiger partial charge in [0.25, 0.3) is 0 Å². The van der Waals surface area contributed by atoms with E-state index in [1.165, 1.54) is 0 Å². The van der Waals surface area contributed by atoms with Crippen molar-refractivity contribution in [3.05, 3.63) is 70.7 Å². The maximum Gasteiger partial charge on any atom is 0.324 e. The van der Waals surface area contributed by atoms with E-state index in [2.05, 4.69) is 26.1 Å². The van der Waals surface area contributed by atoms with E-state index < -0.39 is 6.03 Å². The van der Waals surface area contributed by atoms with Crippen molar-refractivity contribution in [1.82, 2.24) is 10.2 Å². The van der Waals surface area contributed by atoms with Gasteiger partial charge in [-0.25, -0.2) is 4.79 Å². The van der Waals surface area contributed by atoms with Crippen LogP contribution in [0.3, 0.4) is 0 Å². The van der Waals surface area contributed by atoms with Crippen LogP contribution in [0, 0.1) is 0 Å². The largest absolute Gasteiger partial charge is 0.338 e. The zero-order chi connectivity index (χ0) is 17.6. The average Bonchev–Trinajstić information content (AvgIpc) is 2.60. The molecule has 0 saturated heterocycles. The normalized spacial score (nSPS) is 10.2. The first-order chi connectivity index (χ1) is 12.1. The van der Waals surface area contributed by atoms with Gasteiger partial charge in [-0.05, 0) is 42.5 Å². The molecule has 0 spiro atoms. The van der Waals surface area contributed by atoms with Gasteiger partial charge in [-0.2, -0.15) is 0 Å². The van der Waals surface area contributed by atoms with Crippen molar-refractivity contribution in [3.63, 3.8) is 0 Å². The number of rotatable bonds is 4. The predicted molar refractivity (Wildman–Crippen MR) is 101 cm³/mol. The fraction of sp³-hybridized carbons (Fsp3) is 0. The second-order valence-corrected chi connectivity index (χ2v) is 5.84. The van der Waals surface area contributed by atoms with Crippen molar-refractivity contribution in [2.24, 2.45) is 0 Å². The summed E-state index contributed by atoms with van der Waals surface area (Å²) in [5.74, 6) is 0.805. The molecule has 3 aromatic rings. The van der Waals surface area contributed by atoms with Crippen LogP contribution in [0.25, 0.3) is 0 Å². The molecular weight excluding hydrogens is 361 g/mol. The van der Waals surface area contributed by atoms with Crippen LogP contribution >= 0.6 is 23.2 Å². The number of halogens is 2. The molecule has 25 heavy (non-hydrogen) atoms. The van der Waals surface area contributed by atoms with Crippen molar-refractivity contribution >= 4 is 52.2 Å². The Morgan fingerprint density at radius 3 is 2.24 bits per heavy atom. The lowest BCUT2D eigenvalue weighted by Gasteiger charge is -2.09. The van der Waals surface area contributed by atoms with Gasteiger partial charge in [0.15, 0.2) is 11.6 Å². The highest BCUT2D eigenvalue weighted by molar-refractivity contribution is 6.36. The molecule has 1 aromatic heterocycles. The molecule has 0 fully saturated rings. The molecule has 0 radical (unpaired) electrons. The van der Waals surface area contributed by atoms with Gasteiger partial charge >= 0.3 is 6.03 Å². The number of carbonyl (C=O) groups excluding carboxylic acids is 1. The highest BCUT2D eigenvalue weighted by Crippen LogP contribution is 2.27. The van der Waals surface area contributed by atoms with Crippen molar-refractivity contribution in [3.8, 4) is 0 Å². The number of carbonyl (C=O) groups is 1. The molecule has 0 aliphatic rings. The van der Waals surface area contributed by atoms with E-state index in [0.29, 0.717) is 33.1 Å². The molecule has 8 heteroatoms. The molecule has 0 unspecified atom stereocenters. The lowest BCUT2D eigenvalue weighted by atomic mass is 10.3. The number of anilines is 4. The number of urea groups is 1. The molecule has 0 aliphatic heterocycles. The summed E-state index contributed by atoms with van der Waals surface area (Å²) in [6, 6.07) is 17.1. The minimum absolute atomic E-state index is 0.321. The zero-order valence-corrected chi connectivity index (χ0v) is 14.3. The maximum absolute atomic E-state index is 11.9. The van der Waals surface area contributed by atoms with Crippen LogP contribution in [-0.4, -0.2) is 16.2 Å². The minimum atomic E-state index is -0.401. The number of hydrogen-bond donors (Lipinski definition) is 3. The van der Waals surface area contributed by atoms with Crippen LogP contribution in [0.1, 0.15) is 0 Å². The minimum Gasteiger partial charge on any atom is -0.338 e. The Morgan fingerprint density at radius 1 is 0.840 bits per heavy atom. The summed E-state index contributed by atoms with van der Waals surface area (Å²) in [4.78, 5) is 11.9. The summed E-state index contributed by atoms with van der Waals surface area (Å²) in [7, 11) is 0. The maximum atomic E-state index is 11.9. The highest BCUT2D eigenvalue weighted by atomic mass is 35.5. The number of benzene rings is 2. The molecule has 0 atom stereocenters. The SMILES string of the molecule is O=C(Nc1ccccc1)Nc1ccc(Nc2ccc(Cl)cc2Cl)nn1. The fourth-order valence-electron chi connectivity index (χ4n) is 1.99. The quantitative estimate of drug-likeness (QED) is 0.589. The number of nitrogens with one attached hydrogen (secondary N) is 3. The van der Waals surface area contributed by atoms with Crippen LogP contribution in [-0.2, 0) is 0 Å². The molecule has 3 N–H and O–H groups in total. The monoisotopic (exact) mass is 373 g/mol. The number of hydrogen-bond acceptors (Lipinski definition) is 4. The Bertz CT molecular complexity index is 872. The van der Waals surface area contributed by atoms with E-state index >= 15 is 0 Å². The van der Waals surface area contributed by atoms with Gasteiger partial charge in [0.2, 0.25) is 0 Å². The Morgan fingerprint density at radius 2 is 1.56 bits per heavy atom. The van der Waals surface area contributed by atoms with E-state index in [9.17, 15) is 4.79 Å². The Labute approximate surface area is 154 Å². The number of aromatic nitrogens is 2. The van der Waals surface area contributed by atoms with E-state index in [1.54, 1.807) is 42.5 Å². The first kappa shape index (κ1) is 17.0. The Balaban J connectivity index is 1.61. The van der Waals surface area contributed by atoms with Gasteiger partial charge in [-0.15, -0.1) is 10.2 Å². The topological polar surface area (TPSA) is 78.9 Å². The number of para-hydroxylation sites is 1. The standard InChI is InChI=1S/C17H13Cl2N5O/c18-11-6-7-14(13(19)10-11)21-15-8-9-16(24-23-15)22-17(25)20-12-4-2-1-3-5-12/h1-10H,(H,21,23)(H2,20,22,24,25). The van der Waals surface area contributed by atoms with Crippen molar-refractivity contribution in [1.29, 1.82) is 0 Å². The van der Waals surface area contributed by atoms with E-state index in [0.717, 1.165) is 0 Å². The summed E-state index contributed by atoms with van der Waals surface area (Å²) in [5, 5.41) is 17.3. The summed E-state index contributed by atoms with van der Waals surface area (Å²) < 4.78 is 0. The van der Waals surface area contributed by atoms with Crippen LogP contribution in [0.15, 0.2) is 60.7 Å². The van der Waals surface area contributed by atoms with E-state index in [4.69, 9.17) is 23.2 Å². The summed E-state index contributed by atoms with van der Waals surface area (Å²) in [6.07, 6.45) is 0. The fourth-order valence-corrected chi connectivity index (χ4v) is 2.45. The number of nitrogens with zero attached hydrogens (tertiary/aromatic N) is 2. The summed E-state index contributed by atoms with van der Waals surface area (Å²) in [5.41, 5.74) is 1.34. The van der Waals surface area contributed by atoms with Gasteiger partial charge in [0.1, 0.15) is 0 Å². The van der Waals surface area contributed by atoms with Gasteiger partial charge in [-0.3, -0.25) is 5.32 Å². The third-order valence-corrected chi connectivity index (χ3v) is 3.68. The van der Waals surface area contributed by atoms with E-state index in [-0.39, 0.29) is 0 Å². The Kier molecular flexibility index (Phi) is 5.33. The lowest BCUT2D eigenvalue weighted by Crippen LogP contribution is -2.20. The first-order valence-electron chi connectivity index (χ1n) is 7.29. The van der Waals surface area contributed by atoms with Crippen LogP contribution in [0.4, 0.5) is 27.8 Å². The molecule has 0 bridgehead atoms. The molecule has 126 valence electrons. The molecule has 0 aliphatic carbocycles. The smallest absolute Gasteiger partial charge is 0.324 e. The van der Waals surface area contributed by atoms with Gasteiger partial charge < -0.3 is 10.6 Å². The van der Waals surface area contributed by atoms with Crippen LogP contribution in [0.2, 0.25) is 10.0 Å². The van der Waals surface area contributed by atoms with Gasteiger partial charge in [0, 0.05) is 10.7 Å². The van der Waals surface area contributed by atoms with Crippen molar-refractivity contribution in [2.75, 3.05) is 16.0 Å². The first-order valence-corrected chi connectivity index (χ1v) is 8.04. The van der Waals surface area contributed by atoms with Gasteiger partial charge in [-0.1, -0.05) is 41.4 Å². The summed E-state index contributed by atoms with van der Waals surface area (Å²) in [6.45, 7) is 0. The van der Waals surface area contributed by atoms with Crippen molar-refractivity contribution in [2.45, 2.75) is 0 Å². The molecule has 0 saturated carbocycles. The lowest BCUT2D eigenvalue weighted by molar-refractivity contribution is 0.262. The van der Waals surface area contributed by atoms with Gasteiger partial charge in [0.05, 0.1) is 10.7 Å². The van der Waals surface area contributed by atoms with Crippen molar-refractivity contribution < 1.29 is 4.79 Å². The summed E-state index contributed by atoms with van der Waals surface area (Å²) >= 11 is 12.0. The average molecular weight is 374 g/mol.